The third kappa shape index (κ3) is 4.73. The molecule has 1 unspecified atom stereocenters. The molecule has 1 N–H and O–H groups in total. The van der Waals surface area contributed by atoms with Crippen molar-refractivity contribution in [1.82, 2.24) is 5.32 Å². The Morgan fingerprint density at radius 3 is 2.56 bits per heavy atom. The minimum Gasteiger partial charge on any atom is -0.310 e. The van der Waals surface area contributed by atoms with Crippen molar-refractivity contribution in [3.05, 3.63) is 35.4 Å². The van der Waals surface area contributed by atoms with E-state index in [0.29, 0.717) is 5.56 Å². The first kappa shape index (κ1) is 15.1. The number of halogens is 2. The summed E-state index contributed by atoms with van der Waals surface area (Å²) in [5.74, 6) is -0.688. The second-order valence-electron chi connectivity index (χ2n) is 4.67. The van der Waals surface area contributed by atoms with Crippen molar-refractivity contribution in [2.24, 2.45) is 0 Å². The van der Waals surface area contributed by atoms with Crippen LogP contribution in [0.2, 0.25) is 0 Å². The smallest absolute Gasteiger partial charge is 0.128 e. The fourth-order valence-electron chi connectivity index (χ4n) is 2.07. The van der Waals surface area contributed by atoms with Gasteiger partial charge in [0.15, 0.2) is 0 Å². The lowest BCUT2D eigenvalue weighted by Gasteiger charge is -2.19. The second-order valence-corrected chi connectivity index (χ2v) is 4.67. The third-order valence-corrected chi connectivity index (χ3v) is 3.07. The van der Waals surface area contributed by atoms with Crippen LogP contribution in [0.25, 0.3) is 0 Å². The Kier molecular flexibility index (Phi) is 6.88. The number of rotatable bonds is 8. The monoisotopic (exact) mass is 255 g/mol. The van der Waals surface area contributed by atoms with Crippen molar-refractivity contribution < 1.29 is 8.78 Å². The van der Waals surface area contributed by atoms with Gasteiger partial charge in [-0.15, -0.1) is 0 Å². The summed E-state index contributed by atoms with van der Waals surface area (Å²) < 4.78 is 27.0. The van der Waals surface area contributed by atoms with Crippen molar-refractivity contribution >= 4 is 0 Å². The van der Waals surface area contributed by atoms with Gasteiger partial charge < -0.3 is 5.32 Å². The van der Waals surface area contributed by atoms with Crippen LogP contribution in [0, 0.1) is 11.6 Å². The van der Waals surface area contributed by atoms with Crippen LogP contribution in [-0.4, -0.2) is 6.54 Å². The van der Waals surface area contributed by atoms with Crippen LogP contribution in [0.4, 0.5) is 8.78 Å². The molecule has 0 amide bonds. The maximum Gasteiger partial charge on any atom is 0.128 e. The number of hydrogen-bond acceptors (Lipinski definition) is 1. The molecule has 1 nitrogen and oxygen atoms in total. The van der Waals surface area contributed by atoms with Crippen molar-refractivity contribution in [2.45, 2.75) is 52.0 Å². The lowest BCUT2D eigenvalue weighted by molar-refractivity contribution is 0.451. The summed E-state index contributed by atoms with van der Waals surface area (Å²) in [4.78, 5) is 0. The molecular formula is C15H23F2N. The normalized spacial score (nSPS) is 12.7. The van der Waals surface area contributed by atoms with Crippen LogP contribution < -0.4 is 5.32 Å². The van der Waals surface area contributed by atoms with Crippen molar-refractivity contribution in [1.29, 1.82) is 0 Å². The van der Waals surface area contributed by atoms with E-state index in [9.17, 15) is 8.78 Å². The highest BCUT2D eigenvalue weighted by atomic mass is 19.1. The average molecular weight is 255 g/mol. The van der Waals surface area contributed by atoms with Gasteiger partial charge in [-0.05, 0) is 37.6 Å². The molecular weight excluding hydrogens is 232 g/mol. The summed E-state index contributed by atoms with van der Waals surface area (Å²) in [6, 6.07) is 3.62. The number of hydrogen-bond donors (Lipinski definition) is 1. The Balaban J connectivity index is 2.75. The van der Waals surface area contributed by atoms with E-state index < -0.39 is 0 Å². The summed E-state index contributed by atoms with van der Waals surface area (Å²) in [6.45, 7) is 5.03. The highest BCUT2D eigenvalue weighted by molar-refractivity contribution is 5.22. The summed E-state index contributed by atoms with van der Waals surface area (Å²) in [6.07, 6.45) is 5.14. The van der Waals surface area contributed by atoms with Gasteiger partial charge in [-0.2, -0.15) is 0 Å². The highest BCUT2D eigenvalue weighted by Crippen LogP contribution is 2.23. The van der Waals surface area contributed by atoms with Crippen LogP contribution in [0.5, 0.6) is 0 Å². The second kappa shape index (κ2) is 8.20. The van der Waals surface area contributed by atoms with Crippen LogP contribution in [0.1, 0.15) is 57.6 Å². The summed E-state index contributed by atoms with van der Waals surface area (Å²) in [5, 5.41) is 3.31. The predicted molar refractivity (Wildman–Crippen MR) is 71.5 cm³/mol. The Morgan fingerprint density at radius 1 is 1.11 bits per heavy atom. The van der Waals surface area contributed by atoms with Crippen LogP contribution in [-0.2, 0) is 0 Å². The van der Waals surface area contributed by atoms with E-state index in [0.717, 1.165) is 38.6 Å². The number of unbranched alkanes of at least 4 members (excludes halogenated alkanes) is 2. The Bertz CT molecular complexity index is 352. The molecule has 1 atom stereocenters. The topological polar surface area (TPSA) is 12.0 Å². The van der Waals surface area contributed by atoms with E-state index in [1.165, 1.54) is 18.2 Å². The fourth-order valence-corrected chi connectivity index (χ4v) is 2.07. The molecule has 0 saturated heterocycles. The first-order chi connectivity index (χ1) is 8.69. The van der Waals surface area contributed by atoms with Crippen molar-refractivity contribution in [3.8, 4) is 0 Å². The third-order valence-electron chi connectivity index (χ3n) is 3.07. The molecule has 3 heteroatoms. The first-order valence-corrected chi connectivity index (χ1v) is 6.87. The largest absolute Gasteiger partial charge is 0.310 e. The molecule has 1 aromatic carbocycles. The molecule has 0 radical (unpaired) electrons. The van der Waals surface area contributed by atoms with E-state index in [2.05, 4.69) is 19.2 Å². The summed E-state index contributed by atoms with van der Waals surface area (Å²) in [7, 11) is 0. The minimum absolute atomic E-state index is 0.0767. The van der Waals surface area contributed by atoms with Crippen molar-refractivity contribution in [3.63, 3.8) is 0 Å². The lowest BCUT2D eigenvalue weighted by Crippen LogP contribution is -2.23. The van der Waals surface area contributed by atoms with Gasteiger partial charge in [0.1, 0.15) is 11.6 Å². The zero-order chi connectivity index (χ0) is 13.4. The van der Waals surface area contributed by atoms with E-state index in [1.54, 1.807) is 0 Å². The quantitative estimate of drug-likeness (QED) is 0.670. The summed E-state index contributed by atoms with van der Waals surface area (Å²) in [5.41, 5.74) is 0.458. The van der Waals surface area contributed by atoms with Gasteiger partial charge in [0, 0.05) is 11.6 Å². The van der Waals surface area contributed by atoms with Gasteiger partial charge in [0.2, 0.25) is 0 Å². The van der Waals surface area contributed by atoms with Gasteiger partial charge in [-0.1, -0.05) is 33.1 Å². The maximum absolute atomic E-state index is 13.7. The van der Waals surface area contributed by atoms with Gasteiger partial charge in [0.25, 0.3) is 0 Å². The first-order valence-electron chi connectivity index (χ1n) is 6.87. The number of nitrogens with one attached hydrogen (secondary N) is 1. The standard InChI is InChI=1S/C15H23F2N/c1-3-5-6-7-15(18-10-4-2)13-11-12(16)8-9-14(13)17/h8-9,11,15,18H,3-7,10H2,1-2H3. The Hall–Kier alpha value is -0.960. The molecule has 18 heavy (non-hydrogen) atoms. The molecule has 0 aliphatic heterocycles. The molecule has 0 bridgehead atoms. The SMILES string of the molecule is CCCCCC(NCCC)c1cc(F)ccc1F. The van der Waals surface area contributed by atoms with Crippen LogP contribution in [0.3, 0.4) is 0 Å². The Morgan fingerprint density at radius 2 is 1.89 bits per heavy atom. The van der Waals surface area contributed by atoms with Crippen LogP contribution >= 0.6 is 0 Å². The maximum atomic E-state index is 13.7. The zero-order valence-electron chi connectivity index (χ0n) is 11.3. The Labute approximate surface area is 109 Å². The zero-order valence-corrected chi connectivity index (χ0v) is 11.3. The van der Waals surface area contributed by atoms with Gasteiger partial charge in [-0.25, -0.2) is 8.78 Å². The van der Waals surface area contributed by atoms with E-state index in [4.69, 9.17) is 0 Å². The molecule has 0 aliphatic carbocycles. The van der Waals surface area contributed by atoms with Crippen LogP contribution in [0.15, 0.2) is 18.2 Å². The number of benzene rings is 1. The molecule has 0 saturated carbocycles. The van der Waals surface area contributed by atoms with E-state index in [-0.39, 0.29) is 17.7 Å². The average Bonchev–Trinajstić information content (AvgIpc) is 2.37. The van der Waals surface area contributed by atoms with E-state index >= 15 is 0 Å². The highest BCUT2D eigenvalue weighted by Gasteiger charge is 2.15. The fraction of sp³-hybridized carbons (Fsp3) is 0.600. The van der Waals surface area contributed by atoms with Gasteiger partial charge >= 0.3 is 0 Å². The molecule has 0 fully saturated rings. The molecule has 102 valence electrons. The lowest BCUT2D eigenvalue weighted by atomic mass is 9.99. The van der Waals surface area contributed by atoms with Gasteiger partial charge in [0.05, 0.1) is 0 Å². The van der Waals surface area contributed by atoms with E-state index in [1.807, 2.05) is 0 Å². The summed E-state index contributed by atoms with van der Waals surface area (Å²) >= 11 is 0. The minimum atomic E-state index is -0.370. The van der Waals surface area contributed by atoms with Crippen molar-refractivity contribution in [2.75, 3.05) is 6.54 Å². The molecule has 0 aliphatic rings. The molecule has 0 heterocycles. The molecule has 1 rings (SSSR count). The molecule has 0 aromatic heterocycles. The molecule has 0 spiro atoms. The van der Waals surface area contributed by atoms with Gasteiger partial charge in [-0.3, -0.25) is 0 Å². The predicted octanol–water partition coefficient (Wildman–Crippen LogP) is 4.59. The molecule has 1 aromatic rings.